The first kappa shape index (κ1) is 12.6. The number of nitrogens with zero attached hydrogens (tertiary/aromatic N) is 1. The monoisotopic (exact) mass is 225 g/mol. The summed E-state index contributed by atoms with van der Waals surface area (Å²) in [6, 6.07) is 3.66. The van der Waals surface area contributed by atoms with Gasteiger partial charge in [0.2, 0.25) is 0 Å². The molecule has 1 heterocycles. The Morgan fingerprint density at radius 3 is 2.88 bits per heavy atom. The fourth-order valence-electron chi connectivity index (χ4n) is 1.24. The van der Waals surface area contributed by atoms with E-state index in [0.29, 0.717) is 11.7 Å². The van der Waals surface area contributed by atoms with Crippen LogP contribution in [0.4, 0.5) is 0 Å². The molecule has 5 nitrogen and oxygen atoms in total. The Labute approximate surface area is 95.4 Å². The zero-order valence-corrected chi connectivity index (χ0v) is 9.90. The van der Waals surface area contributed by atoms with Crippen LogP contribution in [0.2, 0.25) is 0 Å². The highest BCUT2D eigenvalue weighted by atomic mass is 16.4. The van der Waals surface area contributed by atoms with Gasteiger partial charge in [-0.1, -0.05) is 0 Å². The highest BCUT2D eigenvalue weighted by Crippen LogP contribution is 2.20. The molecule has 90 valence electrons. The van der Waals surface area contributed by atoms with Crippen molar-refractivity contribution in [1.29, 1.82) is 0 Å². The van der Waals surface area contributed by atoms with Gasteiger partial charge in [0.25, 0.3) is 0 Å². The number of nitrogens with one attached hydrogen (secondary N) is 1. The summed E-state index contributed by atoms with van der Waals surface area (Å²) in [4.78, 5) is 4.07. The van der Waals surface area contributed by atoms with Crippen molar-refractivity contribution in [1.82, 2.24) is 5.32 Å². The number of furan rings is 1. The molecule has 4 N–H and O–H groups in total. The average molecular weight is 225 g/mol. The van der Waals surface area contributed by atoms with Crippen LogP contribution in [0.1, 0.15) is 26.5 Å². The third-order valence-electron chi connectivity index (χ3n) is 2.05. The predicted molar refractivity (Wildman–Crippen MR) is 63.0 cm³/mol. The largest absolute Gasteiger partial charge is 0.466 e. The quantitative estimate of drug-likeness (QED) is 0.523. The average Bonchev–Trinajstić information content (AvgIpc) is 2.67. The summed E-state index contributed by atoms with van der Waals surface area (Å²) in [5, 5.41) is 13.0. The molecule has 1 unspecified atom stereocenters. The van der Waals surface area contributed by atoms with Gasteiger partial charge in [0.1, 0.15) is 11.4 Å². The molecule has 0 spiro atoms. The molecule has 0 aromatic carbocycles. The number of guanidine groups is 1. The van der Waals surface area contributed by atoms with Gasteiger partial charge in [-0.25, -0.2) is 4.99 Å². The summed E-state index contributed by atoms with van der Waals surface area (Å²) in [5.41, 5.74) is 4.50. The molecule has 0 radical (unpaired) electrons. The van der Waals surface area contributed by atoms with Crippen molar-refractivity contribution >= 4 is 5.96 Å². The van der Waals surface area contributed by atoms with Gasteiger partial charge < -0.3 is 20.6 Å². The van der Waals surface area contributed by atoms with E-state index in [2.05, 4.69) is 10.3 Å². The van der Waals surface area contributed by atoms with E-state index in [1.54, 1.807) is 19.1 Å². The molecule has 5 heteroatoms. The van der Waals surface area contributed by atoms with E-state index in [1.165, 1.54) is 6.26 Å². The molecule has 16 heavy (non-hydrogen) atoms. The van der Waals surface area contributed by atoms with E-state index in [1.807, 2.05) is 13.8 Å². The van der Waals surface area contributed by atoms with E-state index >= 15 is 0 Å². The zero-order chi connectivity index (χ0) is 12.2. The van der Waals surface area contributed by atoms with Crippen LogP contribution in [0, 0.1) is 0 Å². The molecule has 0 aliphatic carbocycles. The molecular weight excluding hydrogens is 206 g/mol. The lowest BCUT2D eigenvalue weighted by molar-refractivity contribution is 0.0437. The van der Waals surface area contributed by atoms with Crippen LogP contribution in [0.15, 0.2) is 27.8 Å². The molecule has 0 fully saturated rings. The van der Waals surface area contributed by atoms with Crippen LogP contribution < -0.4 is 11.1 Å². The van der Waals surface area contributed by atoms with Gasteiger partial charge in [0.05, 0.1) is 12.8 Å². The number of aliphatic imine (C=N–C) groups is 1. The Morgan fingerprint density at radius 1 is 1.69 bits per heavy atom. The topological polar surface area (TPSA) is 83.8 Å². The van der Waals surface area contributed by atoms with E-state index in [-0.39, 0.29) is 12.6 Å². The van der Waals surface area contributed by atoms with E-state index in [0.717, 1.165) is 0 Å². The van der Waals surface area contributed by atoms with Gasteiger partial charge in [-0.3, -0.25) is 0 Å². The maximum absolute atomic E-state index is 10.1. The molecule has 1 aromatic heterocycles. The molecule has 1 aromatic rings. The lowest BCUT2D eigenvalue weighted by Crippen LogP contribution is -2.38. The summed E-state index contributed by atoms with van der Waals surface area (Å²) < 4.78 is 5.13. The van der Waals surface area contributed by atoms with Crippen LogP contribution in [0.3, 0.4) is 0 Å². The normalized spacial score (nSPS) is 16.2. The lowest BCUT2D eigenvalue weighted by atomic mass is 10.0. The van der Waals surface area contributed by atoms with Gasteiger partial charge in [-0.2, -0.15) is 0 Å². The molecule has 1 rings (SSSR count). The summed E-state index contributed by atoms with van der Waals surface area (Å²) >= 11 is 0. The molecule has 0 saturated carbocycles. The molecule has 0 bridgehead atoms. The van der Waals surface area contributed by atoms with Crippen LogP contribution in [0.25, 0.3) is 0 Å². The lowest BCUT2D eigenvalue weighted by Gasteiger charge is -2.18. The predicted octanol–water partition coefficient (Wildman–Crippen LogP) is 0.800. The van der Waals surface area contributed by atoms with Crippen molar-refractivity contribution in [3.05, 3.63) is 24.2 Å². The van der Waals surface area contributed by atoms with Gasteiger partial charge in [0, 0.05) is 6.04 Å². The van der Waals surface area contributed by atoms with E-state index < -0.39 is 5.60 Å². The summed E-state index contributed by atoms with van der Waals surface area (Å²) in [6.45, 7) is 5.73. The van der Waals surface area contributed by atoms with Gasteiger partial charge in [-0.05, 0) is 32.9 Å². The second kappa shape index (κ2) is 5.03. The molecule has 0 saturated heterocycles. The van der Waals surface area contributed by atoms with Crippen molar-refractivity contribution in [2.24, 2.45) is 10.7 Å². The van der Waals surface area contributed by atoms with Crippen LogP contribution in [-0.2, 0) is 5.60 Å². The number of hydrogen-bond donors (Lipinski definition) is 3. The molecular formula is C11H19N3O2. The maximum Gasteiger partial charge on any atom is 0.188 e. The second-order valence-electron chi connectivity index (χ2n) is 4.25. The van der Waals surface area contributed by atoms with E-state index in [9.17, 15) is 5.11 Å². The second-order valence-corrected chi connectivity index (χ2v) is 4.25. The van der Waals surface area contributed by atoms with E-state index in [4.69, 9.17) is 10.2 Å². The Hall–Kier alpha value is -1.49. The highest BCUT2D eigenvalue weighted by molar-refractivity contribution is 5.78. The zero-order valence-electron chi connectivity index (χ0n) is 9.90. The Kier molecular flexibility index (Phi) is 3.95. The Balaban J connectivity index is 2.60. The van der Waals surface area contributed by atoms with Crippen molar-refractivity contribution in [2.75, 3.05) is 6.54 Å². The van der Waals surface area contributed by atoms with Crippen LogP contribution >= 0.6 is 0 Å². The fraction of sp³-hybridized carbons (Fsp3) is 0.545. The Morgan fingerprint density at radius 2 is 2.38 bits per heavy atom. The summed E-state index contributed by atoms with van der Waals surface area (Å²) in [5.74, 6) is 0.801. The SMILES string of the molecule is CC(C)NC(N)=NCC(C)(O)c1ccco1. The van der Waals surface area contributed by atoms with Gasteiger partial charge in [0.15, 0.2) is 5.96 Å². The minimum atomic E-state index is -1.13. The number of hydrogen-bond acceptors (Lipinski definition) is 3. The molecule has 1 atom stereocenters. The van der Waals surface area contributed by atoms with Crippen LogP contribution in [0.5, 0.6) is 0 Å². The molecule has 0 aliphatic heterocycles. The molecule has 0 aliphatic rings. The smallest absolute Gasteiger partial charge is 0.188 e. The first-order valence-corrected chi connectivity index (χ1v) is 5.24. The van der Waals surface area contributed by atoms with Crippen molar-refractivity contribution in [3.63, 3.8) is 0 Å². The summed E-state index contributed by atoms with van der Waals surface area (Å²) in [7, 11) is 0. The first-order valence-electron chi connectivity index (χ1n) is 5.24. The first-order chi connectivity index (χ1) is 7.42. The highest BCUT2D eigenvalue weighted by Gasteiger charge is 2.25. The number of nitrogens with two attached hydrogens (primary N) is 1. The molecule has 0 amide bonds. The minimum absolute atomic E-state index is 0.159. The van der Waals surface area contributed by atoms with Gasteiger partial charge >= 0.3 is 0 Å². The van der Waals surface area contributed by atoms with Crippen molar-refractivity contribution in [3.8, 4) is 0 Å². The summed E-state index contributed by atoms with van der Waals surface area (Å²) in [6.07, 6.45) is 1.52. The van der Waals surface area contributed by atoms with Crippen molar-refractivity contribution < 1.29 is 9.52 Å². The van der Waals surface area contributed by atoms with Crippen molar-refractivity contribution in [2.45, 2.75) is 32.4 Å². The number of aliphatic hydroxyl groups is 1. The minimum Gasteiger partial charge on any atom is -0.466 e. The standard InChI is InChI=1S/C11H19N3O2/c1-8(2)14-10(12)13-7-11(3,15)9-5-4-6-16-9/h4-6,8,15H,7H2,1-3H3,(H3,12,13,14). The third-order valence-corrected chi connectivity index (χ3v) is 2.05. The van der Waals surface area contributed by atoms with Crippen LogP contribution in [-0.4, -0.2) is 23.7 Å². The fourth-order valence-corrected chi connectivity index (χ4v) is 1.24. The Bertz CT molecular complexity index is 342. The number of rotatable bonds is 4. The third kappa shape index (κ3) is 3.58. The van der Waals surface area contributed by atoms with Gasteiger partial charge in [-0.15, -0.1) is 0 Å². The maximum atomic E-state index is 10.1.